The van der Waals surface area contributed by atoms with Crippen LogP contribution in [0.4, 0.5) is 5.88 Å². The minimum atomic E-state index is -3.76. The van der Waals surface area contributed by atoms with Crippen LogP contribution < -0.4 is 4.72 Å². The molecule has 0 unspecified atom stereocenters. The van der Waals surface area contributed by atoms with Gasteiger partial charge in [0, 0.05) is 4.88 Å². The molecule has 4 rings (SSSR count). The van der Waals surface area contributed by atoms with Crippen LogP contribution >= 0.6 is 27.3 Å². The van der Waals surface area contributed by atoms with Gasteiger partial charge in [0.15, 0.2) is 0 Å². The molecular formula is C18H13BrN2O3S2. The lowest BCUT2D eigenvalue weighted by Gasteiger charge is -2.04. The van der Waals surface area contributed by atoms with Gasteiger partial charge >= 0.3 is 0 Å². The highest BCUT2D eigenvalue weighted by Gasteiger charge is 2.22. The van der Waals surface area contributed by atoms with Crippen LogP contribution in [0.5, 0.6) is 0 Å². The van der Waals surface area contributed by atoms with Gasteiger partial charge in [-0.3, -0.25) is 0 Å². The second-order valence-corrected chi connectivity index (χ2v) is 9.45. The summed E-state index contributed by atoms with van der Waals surface area (Å²) in [5.74, 6) is 0.0719. The lowest BCUT2D eigenvalue weighted by atomic mass is 10.0. The molecule has 0 radical (unpaired) electrons. The fourth-order valence-corrected chi connectivity index (χ4v) is 5.36. The van der Waals surface area contributed by atoms with Crippen molar-refractivity contribution in [2.24, 2.45) is 0 Å². The monoisotopic (exact) mass is 448 g/mol. The van der Waals surface area contributed by atoms with Gasteiger partial charge in [-0.2, -0.15) is 0 Å². The Bertz CT molecular complexity index is 1210. The molecule has 0 fully saturated rings. The van der Waals surface area contributed by atoms with Gasteiger partial charge < -0.3 is 4.52 Å². The summed E-state index contributed by atoms with van der Waals surface area (Å²) in [6.07, 6.45) is 0. The molecule has 5 nitrogen and oxygen atoms in total. The van der Waals surface area contributed by atoms with E-state index in [0.717, 1.165) is 21.2 Å². The first-order valence-electron chi connectivity index (χ1n) is 7.68. The molecule has 0 amide bonds. The van der Waals surface area contributed by atoms with Crippen molar-refractivity contribution in [3.8, 4) is 10.4 Å². The third-order valence-corrected chi connectivity index (χ3v) is 7.79. The number of hydrogen-bond acceptors (Lipinski definition) is 5. The largest absolute Gasteiger partial charge is 0.336 e. The molecule has 0 atom stereocenters. The Balaban J connectivity index is 1.72. The smallest absolute Gasteiger partial charge is 0.273 e. The number of nitrogens with one attached hydrogen (secondary N) is 1. The number of halogens is 1. The van der Waals surface area contributed by atoms with Crippen LogP contribution in [0, 0.1) is 6.92 Å². The molecule has 1 N–H and O–H groups in total. The second-order valence-electron chi connectivity index (χ2n) is 5.66. The molecule has 2 heterocycles. The lowest BCUT2D eigenvalue weighted by Crippen LogP contribution is -2.11. The molecule has 0 spiro atoms. The predicted octanol–water partition coefficient (Wildman–Crippen LogP) is 5.43. The summed E-state index contributed by atoms with van der Waals surface area (Å²) in [7, 11) is -3.76. The summed E-state index contributed by atoms with van der Waals surface area (Å²) in [6, 6.07) is 17.4. The van der Waals surface area contributed by atoms with E-state index in [4.69, 9.17) is 4.52 Å². The molecule has 0 saturated heterocycles. The number of sulfonamides is 1. The highest BCUT2D eigenvalue weighted by atomic mass is 79.9. The van der Waals surface area contributed by atoms with Crippen molar-refractivity contribution in [2.45, 2.75) is 11.1 Å². The minimum Gasteiger partial charge on any atom is -0.336 e. The van der Waals surface area contributed by atoms with E-state index in [1.165, 1.54) is 11.3 Å². The first kappa shape index (κ1) is 17.3. The number of anilines is 1. The Labute approximate surface area is 162 Å². The molecule has 26 heavy (non-hydrogen) atoms. The molecule has 0 saturated carbocycles. The minimum absolute atomic E-state index is 0.0719. The molecular weight excluding hydrogens is 436 g/mol. The summed E-state index contributed by atoms with van der Waals surface area (Å²) < 4.78 is 33.5. The average molecular weight is 449 g/mol. The van der Waals surface area contributed by atoms with E-state index in [1.54, 1.807) is 13.0 Å². The zero-order chi connectivity index (χ0) is 18.3. The van der Waals surface area contributed by atoms with Crippen LogP contribution in [0.3, 0.4) is 0 Å². The molecule has 132 valence electrons. The number of benzene rings is 2. The molecule has 0 aliphatic heterocycles. The van der Waals surface area contributed by atoms with Crippen LogP contribution in [0.2, 0.25) is 0 Å². The van der Waals surface area contributed by atoms with Gasteiger partial charge in [0.1, 0.15) is 8.68 Å². The average Bonchev–Trinajstić information content (AvgIpc) is 3.25. The molecule has 2 aromatic heterocycles. The van der Waals surface area contributed by atoms with Crippen molar-refractivity contribution >= 4 is 53.9 Å². The highest BCUT2D eigenvalue weighted by Crippen LogP contribution is 2.36. The van der Waals surface area contributed by atoms with Crippen molar-refractivity contribution in [1.29, 1.82) is 0 Å². The Morgan fingerprint density at radius 2 is 1.85 bits per heavy atom. The van der Waals surface area contributed by atoms with Crippen LogP contribution in [0.15, 0.2) is 67.8 Å². The molecule has 2 aromatic carbocycles. The summed E-state index contributed by atoms with van der Waals surface area (Å²) in [5, 5.41) is 5.93. The quantitative estimate of drug-likeness (QED) is 0.451. The van der Waals surface area contributed by atoms with E-state index in [-0.39, 0.29) is 10.1 Å². The zero-order valence-electron chi connectivity index (χ0n) is 13.6. The van der Waals surface area contributed by atoms with E-state index in [0.29, 0.717) is 10.2 Å². The molecule has 0 aliphatic carbocycles. The first-order chi connectivity index (χ1) is 12.5. The maximum absolute atomic E-state index is 12.7. The highest BCUT2D eigenvalue weighted by molar-refractivity contribution is 9.10. The van der Waals surface area contributed by atoms with Crippen molar-refractivity contribution in [1.82, 2.24) is 5.16 Å². The van der Waals surface area contributed by atoms with Gasteiger partial charge in [-0.05, 0) is 51.3 Å². The van der Waals surface area contributed by atoms with Crippen molar-refractivity contribution in [2.75, 3.05) is 4.72 Å². The number of fused-ring (bicyclic) bond motifs is 1. The SMILES string of the molecule is Cc1noc(NS(=O)(=O)c2ccc(-c3cccc4ccccc34)s2)c1Br. The molecule has 0 aliphatic rings. The van der Waals surface area contributed by atoms with Crippen LogP contribution in [-0.2, 0) is 10.0 Å². The Morgan fingerprint density at radius 1 is 1.08 bits per heavy atom. The van der Waals surface area contributed by atoms with Crippen molar-refractivity contribution in [3.05, 3.63) is 64.8 Å². The van der Waals surface area contributed by atoms with E-state index in [9.17, 15) is 8.42 Å². The maximum atomic E-state index is 12.7. The Kier molecular flexibility index (Phi) is 4.34. The summed E-state index contributed by atoms with van der Waals surface area (Å²) in [5.41, 5.74) is 1.58. The van der Waals surface area contributed by atoms with Crippen molar-refractivity contribution < 1.29 is 12.9 Å². The van der Waals surface area contributed by atoms with Crippen molar-refractivity contribution in [3.63, 3.8) is 0 Å². The molecule has 8 heteroatoms. The summed E-state index contributed by atoms with van der Waals surface area (Å²) >= 11 is 4.48. The number of rotatable bonds is 4. The lowest BCUT2D eigenvalue weighted by molar-refractivity contribution is 0.430. The normalized spacial score (nSPS) is 11.8. The van der Waals surface area contributed by atoms with E-state index < -0.39 is 10.0 Å². The summed E-state index contributed by atoms with van der Waals surface area (Å²) in [4.78, 5) is 0.884. The van der Waals surface area contributed by atoms with Crippen LogP contribution in [-0.4, -0.2) is 13.6 Å². The fraction of sp³-hybridized carbons (Fsp3) is 0.0556. The maximum Gasteiger partial charge on any atom is 0.273 e. The first-order valence-corrected chi connectivity index (χ1v) is 10.8. The second kappa shape index (κ2) is 6.53. The van der Waals surface area contributed by atoms with Crippen LogP contribution in [0.25, 0.3) is 21.2 Å². The third kappa shape index (κ3) is 3.04. The molecule has 4 aromatic rings. The number of aromatic nitrogens is 1. The number of nitrogens with zero attached hydrogens (tertiary/aromatic N) is 1. The predicted molar refractivity (Wildman–Crippen MR) is 107 cm³/mol. The van der Waals surface area contributed by atoms with E-state index in [1.807, 2.05) is 48.5 Å². The van der Waals surface area contributed by atoms with Gasteiger partial charge in [-0.25, -0.2) is 13.1 Å². The van der Waals surface area contributed by atoms with Gasteiger partial charge in [-0.1, -0.05) is 47.6 Å². The number of aryl methyl sites for hydroxylation is 1. The Hall–Kier alpha value is -2.16. The van der Waals surface area contributed by atoms with Gasteiger partial charge in [0.25, 0.3) is 15.9 Å². The molecule has 0 bridgehead atoms. The zero-order valence-corrected chi connectivity index (χ0v) is 16.8. The summed E-state index contributed by atoms with van der Waals surface area (Å²) in [6.45, 7) is 1.72. The van der Waals surface area contributed by atoms with Crippen LogP contribution in [0.1, 0.15) is 5.69 Å². The van der Waals surface area contributed by atoms with E-state index >= 15 is 0 Å². The topological polar surface area (TPSA) is 72.2 Å². The Morgan fingerprint density at radius 3 is 2.62 bits per heavy atom. The van der Waals surface area contributed by atoms with E-state index in [2.05, 4.69) is 25.8 Å². The number of thiophene rings is 1. The van der Waals surface area contributed by atoms with Gasteiger partial charge in [0.2, 0.25) is 0 Å². The van der Waals surface area contributed by atoms with Gasteiger partial charge in [-0.15, -0.1) is 11.3 Å². The fourth-order valence-electron chi connectivity index (χ4n) is 2.64. The van der Waals surface area contributed by atoms with Gasteiger partial charge in [0.05, 0.1) is 5.69 Å². The standard InChI is InChI=1S/C18H13BrN2O3S2/c1-11-17(19)18(24-20-11)21-26(22,23)16-10-9-15(25-16)14-8-4-6-12-5-2-3-7-13(12)14/h2-10,21H,1H3. The third-order valence-electron chi connectivity index (χ3n) is 3.92. The number of hydrogen-bond donors (Lipinski definition) is 1.